The lowest BCUT2D eigenvalue weighted by Crippen LogP contribution is -2.17. The number of benzene rings is 1. The van der Waals surface area contributed by atoms with E-state index in [4.69, 9.17) is 0 Å². The van der Waals surface area contributed by atoms with Crippen molar-refractivity contribution in [3.63, 3.8) is 0 Å². The van der Waals surface area contributed by atoms with Crippen molar-refractivity contribution >= 4 is 21.7 Å². The van der Waals surface area contributed by atoms with Crippen molar-refractivity contribution in [1.82, 2.24) is 9.97 Å². The number of nitrogens with zero attached hydrogens (tertiary/aromatic N) is 2. The number of nitrogens with one attached hydrogen (secondary N) is 1. The Balaban J connectivity index is 2.63. The standard InChI is InChI=1S/C15H18BrN3O/c1-15(2,3)12-11(16)14(17-4)19-13(18-12)9-5-7-10(20)8-6-9/h5-8,20H,1-4H3,(H,17,18,19). The van der Waals surface area contributed by atoms with Crippen molar-refractivity contribution in [2.75, 3.05) is 12.4 Å². The zero-order valence-electron chi connectivity index (χ0n) is 12.0. The number of aromatic hydroxyl groups is 1. The van der Waals surface area contributed by atoms with Gasteiger partial charge in [0.05, 0.1) is 10.2 Å². The molecule has 20 heavy (non-hydrogen) atoms. The number of hydrogen-bond donors (Lipinski definition) is 2. The van der Waals surface area contributed by atoms with Crippen LogP contribution >= 0.6 is 15.9 Å². The molecule has 1 aromatic carbocycles. The Hall–Kier alpha value is -1.62. The highest BCUT2D eigenvalue weighted by Gasteiger charge is 2.23. The Morgan fingerprint density at radius 3 is 2.20 bits per heavy atom. The summed E-state index contributed by atoms with van der Waals surface area (Å²) < 4.78 is 0.884. The monoisotopic (exact) mass is 335 g/mol. The third kappa shape index (κ3) is 2.93. The molecule has 0 aliphatic rings. The summed E-state index contributed by atoms with van der Waals surface area (Å²) in [5.74, 6) is 1.63. The summed E-state index contributed by atoms with van der Waals surface area (Å²) in [6.45, 7) is 6.33. The summed E-state index contributed by atoms with van der Waals surface area (Å²) in [7, 11) is 1.83. The van der Waals surface area contributed by atoms with Crippen molar-refractivity contribution in [3.8, 4) is 17.1 Å². The van der Waals surface area contributed by atoms with Gasteiger partial charge in [0, 0.05) is 18.0 Å². The zero-order chi connectivity index (χ0) is 14.9. The Kier molecular flexibility index (Phi) is 3.99. The van der Waals surface area contributed by atoms with Gasteiger partial charge in [-0.3, -0.25) is 0 Å². The third-order valence-corrected chi connectivity index (χ3v) is 3.68. The van der Waals surface area contributed by atoms with Gasteiger partial charge in [-0.15, -0.1) is 0 Å². The lowest BCUT2D eigenvalue weighted by Gasteiger charge is -2.21. The third-order valence-electron chi connectivity index (χ3n) is 2.92. The summed E-state index contributed by atoms with van der Waals surface area (Å²) in [6, 6.07) is 6.89. The second-order valence-corrected chi connectivity index (χ2v) is 6.40. The van der Waals surface area contributed by atoms with Gasteiger partial charge in [-0.25, -0.2) is 9.97 Å². The highest BCUT2D eigenvalue weighted by atomic mass is 79.9. The molecule has 2 aromatic rings. The van der Waals surface area contributed by atoms with E-state index in [1.54, 1.807) is 12.1 Å². The van der Waals surface area contributed by atoms with Crippen LogP contribution in [0.3, 0.4) is 0 Å². The molecular formula is C15H18BrN3O. The molecule has 2 N–H and O–H groups in total. The van der Waals surface area contributed by atoms with E-state index in [0.29, 0.717) is 5.82 Å². The SMILES string of the molecule is CNc1nc(-c2ccc(O)cc2)nc(C(C)(C)C)c1Br. The van der Waals surface area contributed by atoms with Gasteiger partial charge in [0.1, 0.15) is 11.6 Å². The van der Waals surface area contributed by atoms with Crippen LogP contribution in [0.25, 0.3) is 11.4 Å². The summed E-state index contributed by atoms with van der Waals surface area (Å²) in [5, 5.41) is 12.5. The van der Waals surface area contributed by atoms with Crippen molar-refractivity contribution in [3.05, 3.63) is 34.4 Å². The highest BCUT2D eigenvalue weighted by molar-refractivity contribution is 9.10. The first-order valence-corrected chi connectivity index (χ1v) is 7.17. The molecule has 4 nitrogen and oxygen atoms in total. The molecule has 1 heterocycles. The molecule has 0 atom stereocenters. The van der Waals surface area contributed by atoms with Crippen LogP contribution in [0.15, 0.2) is 28.7 Å². The quantitative estimate of drug-likeness (QED) is 0.872. The topological polar surface area (TPSA) is 58.0 Å². The maximum absolute atomic E-state index is 9.37. The smallest absolute Gasteiger partial charge is 0.161 e. The number of phenolic OH excluding ortho intramolecular Hbond substituents is 1. The first kappa shape index (κ1) is 14.8. The van der Waals surface area contributed by atoms with Crippen molar-refractivity contribution in [2.24, 2.45) is 0 Å². The molecule has 0 radical (unpaired) electrons. The van der Waals surface area contributed by atoms with Gasteiger partial charge in [0.25, 0.3) is 0 Å². The van der Waals surface area contributed by atoms with E-state index in [9.17, 15) is 5.11 Å². The predicted molar refractivity (Wildman–Crippen MR) is 85.1 cm³/mol. The molecule has 2 rings (SSSR count). The van der Waals surface area contributed by atoms with E-state index in [1.807, 2.05) is 19.2 Å². The first-order chi connectivity index (χ1) is 9.32. The maximum atomic E-state index is 9.37. The number of phenols is 1. The van der Waals surface area contributed by atoms with Crippen LogP contribution in [-0.2, 0) is 5.41 Å². The van der Waals surface area contributed by atoms with Crippen LogP contribution in [0.4, 0.5) is 5.82 Å². The van der Waals surface area contributed by atoms with Crippen LogP contribution in [0.5, 0.6) is 5.75 Å². The molecule has 0 saturated carbocycles. The highest BCUT2D eigenvalue weighted by Crippen LogP contribution is 2.34. The number of rotatable bonds is 2. The Labute approximate surface area is 127 Å². The van der Waals surface area contributed by atoms with E-state index >= 15 is 0 Å². The largest absolute Gasteiger partial charge is 0.508 e. The van der Waals surface area contributed by atoms with Gasteiger partial charge in [-0.1, -0.05) is 20.8 Å². The number of hydrogen-bond acceptors (Lipinski definition) is 4. The van der Waals surface area contributed by atoms with Gasteiger partial charge in [-0.2, -0.15) is 0 Å². The lowest BCUT2D eigenvalue weighted by atomic mass is 9.91. The molecular weight excluding hydrogens is 318 g/mol. The second kappa shape index (κ2) is 5.40. The van der Waals surface area contributed by atoms with Gasteiger partial charge in [-0.05, 0) is 40.2 Å². The summed E-state index contributed by atoms with van der Waals surface area (Å²) >= 11 is 3.57. The minimum Gasteiger partial charge on any atom is -0.508 e. The van der Waals surface area contributed by atoms with Crippen molar-refractivity contribution in [2.45, 2.75) is 26.2 Å². The predicted octanol–water partition coefficient (Wildman–Crippen LogP) is 3.95. The molecule has 0 amide bonds. The van der Waals surface area contributed by atoms with Crippen LogP contribution < -0.4 is 5.32 Å². The molecule has 0 aliphatic carbocycles. The molecule has 0 unspecified atom stereocenters. The zero-order valence-corrected chi connectivity index (χ0v) is 13.6. The van der Waals surface area contributed by atoms with Gasteiger partial charge < -0.3 is 10.4 Å². The average molecular weight is 336 g/mol. The van der Waals surface area contributed by atoms with Crippen molar-refractivity contribution < 1.29 is 5.11 Å². The Morgan fingerprint density at radius 2 is 1.70 bits per heavy atom. The Morgan fingerprint density at radius 1 is 1.10 bits per heavy atom. The van der Waals surface area contributed by atoms with Crippen LogP contribution in [0.2, 0.25) is 0 Å². The molecule has 106 valence electrons. The molecule has 5 heteroatoms. The van der Waals surface area contributed by atoms with Gasteiger partial charge in [0.15, 0.2) is 5.82 Å². The minimum atomic E-state index is -0.0982. The lowest BCUT2D eigenvalue weighted by molar-refractivity contribution is 0.475. The first-order valence-electron chi connectivity index (χ1n) is 6.38. The van der Waals surface area contributed by atoms with Crippen molar-refractivity contribution in [1.29, 1.82) is 0 Å². The summed E-state index contributed by atoms with van der Waals surface area (Å²) in [4.78, 5) is 9.19. The summed E-state index contributed by atoms with van der Waals surface area (Å²) in [6.07, 6.45) is 0. The molecule has 0 bridgehead atoms. The molecule has 0 spiro atoms. The van der Waals surface area contributed by atoms with E-state index in [2.05, 4.69) is 52.0 Å². The van der Waals surface area contributed by atoms with E-state index in [0.717, 1.165) is 21.5 Å². The van der Waals surface area contributed by atoms with E-state index in [1.165, 1.54) is 0 Å². The number of anilines is 1. The minimum absolute atomic E-state index is 0.0982. The summed E-state index contributed by atoms with van der Waals surface area (Å²) in [5.41, 5.74) is 1.72. The molecule has 0 fully saturated rings. The van der Waals surface area contributed by atoms with Crippen LogP contribution in [-0.4, -0.2) is 22.1 Å². The fourth-order valence-electron chi connectivity index (χ4n) is 1.85. The maximum Gasteiger partial charge on any atom is 0.161 e. The van der Waals surface area contributed by atoms with Crippen LogP contribution in [0.1, 0.15) is 26.5 Å². The second-order valence-electron chi connectivity index (χ2n) is 5.61. The normalized spacial score (nSPS) is 11.4. The molecule has 0 saturated heterocycles. The van der Waals surface area contributed by atoms with E-state index in [-0.39, 0.29) is 11.2 Å². The fraction of sp³-hybridized carbons (Fsp3) is 0.333. The molecule has 0 aliphatic heterocycles. The number of halogens is 1. The van der Waals surface area contributed by atoms with E-state index < -0.39 is 0 Å². The number of aromatic nitrogens is 2. The average Bonchev–Trinajstić information content (AvgIpc) is 2.38. The van der Waals surface area contributed by atoms with Gasteiger partial charge in [0.2, 0.25) is 0 Å². The van der Waals surface area contributed by atoms with Crippen LogP contribution in [0, 0.1) is 0 Å². The fourth-order valence-corrected chi connectivity index (χ4v) is 2.82. The van der Waals surface area contributed by atoms with Gasteiger partial charge >= 0.3 is 0 Å². The molecule has 1 aromatic heterocycles. The Bertz CT molecular complexity index is 618.